The molecule has 1 fully saturated rings. The van der Waals surface area contributed by atoms with Crippen LogP contribution >= 0.6 is 0 Å². The lowest BCUT2D eigenvalue weighted by Gasteiger charge is -2.15. The largest absolute Gasteiger partial charge is 0.311 e. The molecule has 0 aliphatic heterocycles. The van der Waals surface area contributed by atoms with E-state index in [0.717, 1.165) is 31.3 Å². The van der Waals surface area contributed by atoms with Gasteiger partial charge in [0.1, 0.15) is 0 Å². The zero-order chi connectivity index (χ0) is 13.0. The van der Waals surface area contributed by atoms with Gasteiger partial charge in [-0.25, -0.2) is 0 Å². The Labute approximate surface area is 111 Å². The average molecular weight is 249 g/mol. The van der Waals surface area contributed by atoms with Gasteiger partial charge in [-0.1, -0.05) is 26.7 Å². The molecule has 0 aromatic carbocycles. The van der Waals surface area contributed by atoms with Gasteiger partial charge in [0.05, 0.1) is 5.69 Å². The zero-order valence-electron chi connectivity index (χ0n) is 12.0. The molecule has 1 aromatic rings. The summed E-state index contributed by atoms with van der Waals surface area (Å²) in [5, 5.41) is 8.19. The van der Waals surface area contributed by atoms with E-state index in [2.05, 4.69) is 48.1 Å². The second-order valence-electron chi connectivity index (χ2n) is 5.84. The summed E-state index contributed by atoms with van der Waals surface area (Å²) in [4.78, 5) is 0. The van der Waals surface area contributed by atoms with Gasteiger partial charge < -0.3 is 5.32 Å². The van der Waals surface area contributed by atoms with Gasteiger partial charge in [-0.05, 0) is 44.2 Å². The summed E-state index contributed by atoms with van der Waals surface area (Å²) in [6, 6.07) is 2.64. The molecule has 1 aliphatic carbocycles. The van der Waals surface area contributed by atoms with Crippen molar-refractivity contribution in [1.29, 1.82) is 0 Å². The molecule has 0 spiro atoms. The quantitative estimate of drug-likeness (QED) is 0.837. The van der Waals surface area contributed by atoms with Crippen LogP contribution in [-0.4, -0.2) is 16.3 Å². The fraction of sp³-hybridized carbons (Fsp3) is 0.800. The van der Waals surface area contributed by atoms with E-state index in [1.807, 2.05) is 0 Å². The van der Waals surface area contributed by atoms with E-state index in [1.165, 1.54) is 25.0 Å². The maximum Gasteiger partial charge on any atom is 0.0762 e. The Bertz CT molecular complexity index is 358. The van der Waals surface area contributed by atoms with Crippen molar-refractivity contribution in [2.45, 2.75) is 59.0 Å². The molecule has 2 rings (SSSR count). The SMILES string of the molecule is CCC(C)n1ccc(CNCC2CCCC2C)n1. The van der Waals surface area contributed by atoms with Gasteiger partial charge in [0, 0.05) is 18.8 Å². The summed E-state index contributed by atoms with van der Waals surface area (Å²) < 4.78 is 2.08. The molecule has 1 aliphatic rings. The fourth-order valence-electron chi connectivity index (χ4n) is 2.82. The van der Waals surface area contributed by atoms with Crippen molar-refractivity contribution in [2.75, 3.05) is 6.54 Å². The van der Waals surface area contributed by atoms with Crippen LogP contribution < -0.4 is 5.32 Å². The zero-order valence-corrected chi connectivity index (χ0v) is 12.0. The molecule has 1 aromatic heterocycles. The second-order valence-corrected chi connectivity index (χ2v) is 5.84. The summed E-state index contributed by atoms with van der Waals surface area (Å²) in [5.41, 5.74) is 1.17. The highest BCUT2D eigenvalue weighted by molar-refractivity contribution is 4.99. The summed E-state index contributed by atoms with van der Waals surface area (Å²) in [7, 11) is 0. The molecular formula is C15H27N3. The van der Waals surface area contributed by atoms with Crippen molar-refractivity contribution in [3.63, 3.8) is 0 Å². The minimum absolute atomic E-state index is 0.508. The van der Waals surface area contributed by atoms with E-state index < -0.39 is 0 Å². The van der Waals surface area contributed by atoms with E-state index in [-0.39, 0.29) is 0 Å². The van der Waals surface area contributed by atoms with Crippen LogP contribution in [-0.2, 0) is 6.54 Å². The molecule has 18 heavy (non-hydrogen) atoms. The van der Waals surface area contributed by atoms with Crippen LogP contribution in [0.1, 0.15) is 58.2 Å². The Hall–Kier alpha value is -0.830. The predicted molar refractivity (Wildman–Crippen MR) is 75.4 cm³/mol. The maximum absolute atomic E-state index is 4.62. The van der Waals surface area contributed by atoms with Crippen molar-refractivity contribution in [3.8, 4) is 0 Å². The van der Waals surface area contributed by atoms with Gasteiger partial charge in [-0.2, -0.15) is 5.10 Å². The van der Waals surface area contributed by atoms with Gasteiger partial charge in [0.2, 0.25) is 0 Å². The van der Waals surface area contributed by atoms with Gasteiger partial charge in [-0.3, -0.25) is 4.68 Å². The number of nitrogens with one attached hydrogen (secondary N) is 1. The monoisotopic (exact) mass is 249 g/mol. The first-order chi connectivity index (χ1) is 8.70. The molecule has 102 valence electrons. The summed E-state index contributed by atoms with van der Waals surface area (Å²) in [6.07, 6.45) is 7.46. The normalized spacial score (nSPS) is 25.5. The van der Waals surface area contributed by atoms with Crippen LogP contribution in [0.15, 0.2) is 12.3 Å². The van der Waals surface area contributed by atoms with E-state index in [9.17, 15) is 0 Å². The number of hydrogen-bond acceptors (Lipinski definition) is 2. The summed E-state index contributed by atoms with van der Waals surface area (Å²) in [5.74, 6) is 1.77. The summed E-state index contributed by atoms with van der Waals surface area (Å²) in [6.45, 7) is 8.86. The third-order valence-corrected chi connectivity index (χ3v) is 4.46. The minimum atomic E-state index is 0.508. The van der Waals surface area contributed by atoms with Crippen LogP contribution in [0, 0.1) is 11.8 Å². The maximum atomic E-state index is 4.62. The minimum Gasteiger partial charge on any atom is -0.311 e. The van der Waals surface area contributed by atoms with Crippen molar-refractivity contribution in [2.24, 2.45) is 11.8 Å². The Morgan fingerprint density at radius 2 is 2.33 bits per heavy atom. The van der Waals surface area contributed by atoms with Crippen LogP contribution in [0.3, 0.4) is 0 Å². The highest BCUT2D eigenvalue weighted by atomic mass is 15.3. The smallest absolute Gasteiger partial charge is 0.0762 e. The lowest BCUT2D eigenvalue weighted by molar-refractivity contribution is 0.389. The van der Waals surface area contributed by atoms with Gasteiger partial charge in [-0.15, -0.1) is 0 Å². The molecular weight excluding hydrogens is 222 g/mol. The van der Waals surface area contributed by atoms with Crippen molar-refractivity contribution >= 4 is 0 Å². The molecule has 1 N–H and O–H groups in total. The number of hydrogen-bond donors (Lipinski definition) is 1. The summed E-state index contributed by atoms with van der Waals surface area (Å²) >= 11 is 0. The molecule has 0 saturated heterocycles. The standard InChI is InChI=1S/C15H27N3/c1-4-13(3)18-9-8-15(17-18)11-16-10-14-7-5-6-12(14)2/h8-9,12-14,16H,4-7,10-11H2,1-3H3. The molecule has 3 heteroatoms. The molecule has 3 unspecified atom stereocenters. The number of nitrogens with zero attached hydrogens (tertiary/aromatic N) is 2. The molecule has 3 nitrogen and oxygen atoms in total. The predicted octanol–water partition coefficient (Wildman–Crippen LogP) is 3.38. The first kappa shape index (κ1) is 13.6. The lowest BCUT2D eigenvalue weighted by atomic mass is 9.98. The van der Waals surface area contributed by atoms with Crippen LogP contribution in [0.5, 0.6) is 0 Å². The highest BCUT2D eigenvalue weighted by Crippen LogP contribution is 2.30. The molecule has 0 radical (unpaired) electrons. The molecule has 1 saturated carbocycles. The molecule has 3 atom stereocenters. The molecule has 1 heterocycles. The number of aromatic nitrogens is 2. The van der Waals surface area contributed by atoms with E-state index in [1.54, 1.807) is 0 Å². The average Bonchev–Trinajstić information content (AvgIpc) is 2.99. The lowest BCUT2D eigenvalue weighted by Crippen LogP contribution is -2.24. The third kappa shape index (κ3) is 3.35. The topological polar surface area (TPSA) is 29.9 Å². The second kappa shape index (κ2) is 6.37. The van der Waals surface area contributed by atoms with E-state index >= 15 is 0 Å². The van der Waals surface area contributed by atoms with Crippen LogP contribution in [0.4, 0.5) is 0 Å². The number of rotatable bonds is 6. The van der Waals surface area contributed by atoms with Crippen LogP contribution in [0.2, 0.25) is 0 Å². The van der Waals surface area contributed by atoms with Crippen LogP contribution in [0.25, 0.3) is 0 Å². The first-order valence-electron chi connectivity index (χ1n) is 7.45. The van der Waals surface area contributed by atoms with Gasteiger partial charge in [0.15, 0.2) is 0 Å². The Kier molecular flexibility index (Phi) is 4.81. The van der Waals surface area contributed by atoms with Crippen molar-refractivity contribution in [3.05, 3.63) is 18.0 Å². The van der Waals surface area contributed by atoms with Gasteiger partial charge >= 0.3 is 0 Å². The Morgan fingerprint density at radius 1 is 1.50 bits per heavy atom. The van der Waals surface area contributed by atoms with Crippen molar-refractivity contribution in [1.82, 2.24) is 15.1 Å². The first-order valence-corrected chi connectivity index (χ1v) is 7.45. The molecule has 0 bridgehead atoms. The third-order valence-electron chi connectivity index (χ3n) is 4.46. The molecule has 0 amide bonds. The van der Waals surface area contributed by atoms with Crippen molar-refractivity contribution < 1.29 is 0 Å². The van der Waals surface area contributed by atoms with E-state index in [0.29, 0.717) is 6.04 Å². The fourth-order valence-corrected chi connectivity index (χ4v) is 2.82. The van der Waals surface area contributed by atoms with Gasteiger partial charge in [0.25, 0.3) is 0 Å². The highest BCUT2D eigenvalue weighted by Gasteiger charge is 2.22. The Morgan fingerprint density at radius 3 is 3.00 bits per heavy atom. The Balaban J connectivity index is 1.74. The van der Waals surface area contributed by atoms with E-state index in [4.69, 9.17) is 0 Å².